The van der Waals surface area contributed by atoms with E-state index in [9.17, 15) is 18.3 Å². The van der Waals surface area contributed by atoms with E-state index in [1.807, 2.05) is 52.0 Å². The van der Waals surface area contributed by atoms with Crippen LogP contribution in [-0.2, 0) is 28.4 Å². The molecule has 0 aliphatic carbocycles. The van der Waals surface area contributed by atoms with Crippen LogP contribution in [0.15, 0.2) is 59.5 Å². The van der Waals surface area contributed by atoms with Crippen molar-refractivity contribution >= 4 is 38.6 Å². The summed E-state index contributed by atoms with van der Waals surface area (Å²) in [7, 11) is -2.07. The van der Waals surface area contributed by atoms with Crippen LogP contribution in [0.1, 0.15) is 55.4 Å². The fourth-order valence-corrected chi connectivity index (χ4v) is 6.84. The predicted molar refractivity (Wildman–Crippen MR) is 154 cm³/mol. The number of ether oxygens (including phenoxy) is 1. The van der Waals surface area contributed by atoms with Crippen LogP contribution in [0.3, 0.4) is 0 Å². The SMILES string of the molecule is CC.Cc1ccc(C(CC(=O)O)c2ccc3c(nnn3C)c2Cl)cc1CN1C[C@@H](C)Oc2ccccc2S1(=O)=O. The summed E-state index contributed by atoms with van der Waals surface area (Å²) >= 11 is 6.72. The van der Waals surface area contributed by atoms with Gasteiger partial charge in [0.05, 0.1) is 23.5 Å². The zero-order valence-corrected chi connectivity index (χ0v) is 24.7. The second-order valence-corrected chi connectivity index (χ2v) is 11.8. The van der Waals surface area contributed by atoms with Crippen LogP contribution in [0.25, 0.3) is 11.0 Å². The van der Waals surface area contributed by atoms with E-state index in [-0.39, 0.29) is 30.5 Å². The van der Waals surface area contributed by atoms with Crippen molar-refractivity contribution in [1.82, 2.24) is 19.3 Å². The summed E-state index contributed by atoms with van der Waals surface area (Å²) in [5.41, 5.74) is 4.23. The number of aromatic nitrogens is 3. The fraction of sp³-hybridized carbons (Fsp3) is 0.345. The molecule has 0 spiro atoms. The van der Waals surface area contributed by atoms with Crippen molar-refractivity contribution in [1.29, 1.82) is 0 Å². The number of hydrogen-bond acceptors (Lipinski definition) is 6. The molecule has 0 radical (unpaired) electrons. The minimum Gasteiger partial charge on any atom is -0.488 e. The first kappa shape index (κ1) is 29.5. The van der Waals surface area contributed by atoms with E-state index < -0.39 is 21.9 Å². The molecule has 1 aromatic heterocycles. The average molecular weight is 585 g/mol. The lowest BCUT2D eigenvalue weighted by atomic mass is 9.86. The largest absolute Gasteiger partial charge is 0.488 e. The van der Waals surface area contributed by atoms with Gasteiger partial charge >= 0.3 is 5.97 Å². The third-order valence-corrected chi connectivity index (χ3v) is 9.13. The number of halogens is 1. The zero-order valence-electron chi connectivity index (χ0n) is 23.1. The van der Waals surface area contributed by atoms with Gasteiger partial charge in [0.2, 0.25) is 10.0 Å². The summed E-state index contributed by atoms with van der Waals surface area (Å²) in [6.45, 7) is 8.03. The molecule has 0 bridgehead atoms. The molecule has 9 nitrogen and oxygen atoms in total. The smallest absolute Gasteiger partial charge is 0.304 e. The Balaban J connectivity index is 0.00000181. The van der Waals surface area contributed by atoms with Gasteiger partial charge in [-0.3, -0.25) is 4.79 Å². The van der Waals surface area contributed by atoms with Gasteiger partial charge in [0.1, 0.15) is 22.3 Å². The standard InChI is InChI=1S/C27H27ClN4O5S.C2H6/c1-16-8-9-18(21(13-25(33)34)20-10-11-22-27(26(20)28)29-30-31(22)3)12-19(16)15-32-14-17(2)37-23-6-4-5-7-24(23)38(32,35)36;1-2/h4-12,17,21H,13-15H2,1-3H3,(H,33,34);1-2H3/t17-,21?;/m1./s1. The quantitative estimate of drug-likeness (QED) is 0.317. The Labute approximate surface area is 239 Å². The van der Waals surface area contributed by atoms with E-state index in [0.29, 0.717) is 21.9 Å². The van der Waals surface area contributed by atoms with Gasteiger partial charge in [-0.05, 0) is 54.3 Å². The molecule has 0 saturated carbocycles. The molecule has 2 atom stereocenters. The molecule has 2 heterocycles. The number of para-hydroxylation sites is 1. The summed E-state index contributed by atoms with van der Waals surface area (Å²) in [4.78, 5) is 12.0. The Morgan fingerprint density at radius 3 is 2.62 bits per heavy atom. The molecule has 0 saturated heterocycles. The monoisotopic (exact) mass is 584 g/mol. The predicted octanol–water partition coefficient (Wildman–Crippen LogP) is 5.53. The molecule has 0 fully saturated rings. The van der Waals surface area contributed by atoms with Crippen molar-refractivity contribution in [2.24, 2.45) is 7.05 Å². The van der Waals surface area contributed by atoms with Gasteiger partial charge in [-0.25, -0.2) is 13.1 Å². The van der Waals surface area contributed by atoms with E-state index in [2.05, 4.69) is 10.3 Å². The van der Waals surface area contributed by atoms with Gasteiger partial charge in [-0.15, -0.1) is 5.10 Å². The molecule has 1 N–H and O–H groups in total. The Bertz CT molecular complexity index is 1650. The lowest BCUT2D eigenvalue weighted by molar-refractivity contribution is -0.137. The summed E-state index contributed by atoms with van der Waals surface area (Å²) in [5.74, 6) is -1.22. The number of hydrogen-bond donors (Lipinski definition) is 1. The lowest BCUT2D eigenvalue weighted by Crippen LogP contribution is -2.35. The molecule has 0 amide bonds. The van der Waals surface area contributed by atoms with Crippen molar-refractivity contribution in [3.05, 3.63) is 81.9 Å². The Morgan fingerprint density at radius 1 is 1.18 bits per heavy atom. The first-order valence-corrected chi connectivity index (χ1v) is 14.9. The highest BCUT2D eigenvalue weighted by atomic mass is 35.5. The molecule has 4 aromatic rings. The average Bonchev–Trinajstić information content (AvgIpc) is 3.27. The van der Waals surface area contributed by atoms with Crippen molar-refractivity contribution < 1.29 is 23.1 Å². The van der Waals surface area contributed by atoms with Gasteiger partial charge in [0, 0.05) is 19.5 Å². The van der Waals surface area contributed by atoms with Crippen LogP contribution in [-0.4, -0.2) is 51.4 Å². The number of sulfonamides is 1. The molecular formula is C29H33ClN4O5S. The number of aryl methyl sites for hydroxylation is 2. The van der Waals surface area contributed by atoms with Crippen LogP contribution in [0.2, 0.25) is 5.02 Å². The number of carbonyl (C=O) groups is 1. The highest BCUT2D eigenvalue weighted by molar-refractivity contribution is 7.89. The number of carboxylic acids is 1. The van der Waals surface area contributed by atoms with Crippen LogP contribution < -0.4 is 4.74 Å². The number of aliphatic carboxylic acids is 1. The Morgan fingerprint density at radius 2 is 1.90 bits per heavy atom. The Hall–Kier alpha value is -3.47. The second-order valence-electron chi connectivity index (χ2n) is 9.56. The maximum absolute atomic E-state index is 13.6. The number of nitrogens with zero attached hydrogens (tertiary/aromatic N) is 4. The summed E-state index contributed by atoms with van der Waals surface area (Å²) < 4.78 is 36.1. The van der Waals surface area contributed by atoms with Crippen LogP contribution in [0, 0.1) is 6.92 Å². The minimum absolute atomic E-state index is 0.112. The highest BCUT2D eigenvalue weighted by Gasteiger charge is 2.33. The first-order chi connectivity index (χ1) is 19.1. The van der Waals surface area contributed by atoms with E-state index in [4.69, 9.17) is 16.3 Å². The number of rotatable bonds is 6. The lowest BCUT2D eigenvalue weighted by Gasteiger charge is -2.24. The molecule has 40 heavy (non-hydrogen) atoms. The van der Waals surface area contributed by atoms with Crippen LogP contribution in [0.5, 0.6) is 5.75 Å². The maximum Gasteiger partial charge on any atom is 0.304 e. The van der Waals surface area contributed by atoms with Gasteiger partial charge in [0.15, 0.2) is 0 Å². The second kappa shape index (κ2) is 12.0. The molecule has 1 aliphatic heterocycles. The van der Waals surface area contributed by atoms with Crippen molar-refractivity contribution in [2.75, 3.05) is 6.54 Å². The molecule has 1 aliphatic rings. The minimum atomic E-state index is -3.82. The van der Waals surface area contributed by atoms with E-state index >= 15 is 0 Å². The number of fused-ring (bicyclic) bond motifs is 2. The van der Waals surface area contributed by atoms with E-state index in [0.717, 1.165) is 22.2 Å². The normalized spacial score (nSPS) is 17.2. The van der Waals surface area contributed by atoms with Gasteiger partial charge in [-0.1, -0.05) is 67.1 Å². The molecule has 11 heteroatoms. The molecular weight excluding hydrogens is 552 g/mol. The molecule has 1 unspecified atom stereocenters. The number of benzene rings is 3. The number of carboxylic acid groups (broad SMARTS) is 1. The van der Waals surface area contributed by atoms with Crippen molar-refractivity contribution in [3.8, 4) is 5.75 Å². The van der Waals surface area contributed by atoms with Crippen LogP contribution >= 0.6 is 11.6 Å². The topological polar surface area (TPSA) is 115 Å². The fourth-order valence-electron chi connectivity index (χ4n) is 4.89. The molecule has 5 rings (SSSR count). The zero-order chi connectivity index (χ0) is 29.2. The van der Waals surface area contributed by atoms with E-state index in [1.165, 1.54) is 4.31 Å². The molecule has 212 valence electrons. The van der Waals surface area contributed by atoms with Crippen molar-refractivity contribution in [3.63, 3.8) is 0 Å². The summed E-state index contributed by atoms with van der Waals surface area (Å²) in [5, 5.41) is 18.3. The maximum atomic E-state index is 13.6. The third kappa shape index (κ3) is 5.70. The highest BCUT2D eigenvalue weighted by Crippen LogP contribution is 2.38. The van der Waals surface area contributed by atoms with Gasteiger partial charge in [-0.2, -0.15) is 4.31 Å². The van der Waals surface area contributed by atoms with Gasteiger partial charge < -0.3 is 9.84 Å². The van der Waals surface area contributed by atoms with Crippen LogP contribution in [0.4, 0.5) is 0 Å². The summed E-state index contributed by atoms with van der Waals surface area (Å²) in [6, 6.07) is 15.9. The van der Waals surface area contributed by atoms with Crippen molar-refractivity contribution in [2.45, 2.75) is 57.6 Å². The molecule has 3 aromatic carbocycles. The van der Waals surface area contributed by atoms with E-state index in [1.54, 1.807) is 42.1 Å². The van der Waals surface area contributed by atoms with Gasteiger partial charge in [0.25, 0.3) is 0 Å². The Kier molecular flexibility index (Phi) is 8.82. The first-order valence-electron chi connectivity index (χ1n) is 13.1. The summed E-state index contributed by atoms with van der Waals surface area (Å²) in [6.07, 6.45) is -0.553. The third-order valence-electron chi connectivity index (χ3n) is 6.88.